The molecule has 2 amide bonds. The molecule has 1 aromatic carbocycles. The molecule has 1 unspecified atom stereocenters. The van der Waals surface area contributed by atoms with Crippen LogP contribution in [-0.4, -0.2) is 24.0 Å². The number of carbonyl (C=O) groups excluding carboxylic acids is 1. The Kier molecular flexibility index (Phi) is 4.30. The van der Waals surface area contributed by atoms with E-state index in [0.717, 1.165) is 18.6 Å². The highest BCUT2D eigenvalue weighted by Gasteiger charge is 2.30. The summed E-state index contributed by atoms with van der Waals surface area (Å²) in [5.41, 5.74) is 0.871. The summed E-state index contributed by atoms with van der Waals surface area (Å²) in [7, 11) is 0. The van der Waals surface area contributed by atoms with Crippen molar-refractivity contribution in [3.05, 3.63) is 52.2 Å². The normalized spacial score (nSPS) is 18.2. The first-order valence-corrected chi connectivity index (χ1v) is 8.13. The summed E-state index contributed by atoms with van der Waals surface area (Å²) >= 11 is 1.63. The SMILES string of the molecule is O=C(Nc1ccc(C(F)(F)F)cc1)N1CCC(c2ccsc2)C1. The highest BCUT2D eigenvalue weighted by atomic mass is 32.1. The number of thiophene rings is 1. The number of halogens is 3. The van der Waals surface area contributed by atoms with Crippen molar-refractivity contribution >= 4 is 23.1 Å². The van der Waals surface area contributed by atoms with Gasteiger partial charge in [-0.15, -0.1) is 0 Å². The molecule has 1 aromatic heterocycles. The van der Waals surface area contributed by atoms with Crippen molar-refractivity contribution < 1.29 is 18.0 Å². The number of nitrogens with zero attached hydrogens (tertiary/aromatic N) is 1. The summed E-state index contributed by atoms with van der Waals surface area (Å²) in [5.74, 6) is 0.333. The Bertz CT molecular complexity index is 668. The smallest absolute Gasteiger partial charge is 0.324 e. The Labute approximate surface area is 135 Å². The van der Waals surface area contributed by atoms with Crippen molar-refractivity contribution in [2.45, 2.75) is 18.5 Å². The number of nitrogens with one attached hydrogen (secondary N) is 1. The third kappa shape index (κ3) is 3.67. The van der Waals surface area contributed by atoms with E-state index in [9.17, 15) is 18.0 Å². The fourth-order valence-electron chi connectivity index (χ4n) is 2.67. The molecule has 1 saturated heterocycles. The zero-order chi connectivity index (χ0) is 16.4. The molecule has 1 aliphatic rings. The van der Waals surface area contributed by atoms with Gasteiger partial charge in [0, 0.05) is 24.7 Å². The molecule has 3 nitrogen and oxygen atoms in total. The molecule has 2 aromatic rings. The molecule has 0 spiro atoms. The predicted molar refractivity (Wildman–Crippen MR) is 83.7 cm³/mol. The van der Waals surface area contributed by atoms with Crippen molar-refractivity contribution in [1.82, 2.24) is 4.90 Å². The van der Waals surface area contributed by atoms with Crippen molar-refractivity contribution in [2.75, 3.05) is 18.4 Å². The Morgan fingerprint density at radius 3 is 2.57 bits per heavy atom. The Morgan fingerprint density at radius 2 is 1.96 bits per heavy atom. The predicted octanol–water partition coefficient (Wildman–Crippen LogP) is 4.79. The van der Waals surface area contributed by atoms with Gasteiger partial charge in [0.25, 0.3) is 0 Å². The molecule has 0 bridgehead atoms. The van der Waals surface area contributed by atoms with Gasteiger partial charge in [-0.2, -0.15) is 24.5 Å². The van der Waals surface area contributed by atoms with Gasteiger partial charge in [0.2, 0.25) is 0 Å². The summed E-state index contributed by atoms with van der Waals surface area (Å²) in [4.78, 5) is 13.9. The molecule has 2 heterocycles. The maximum Gasteiger partial charge on any atom is 0.416 e. The topological polar surface area (TPSA) is 32.3 Å². The van der Waals surface area contributed by atoms with Crippen molar-refractivity contribution in [3.63, 3.8) is 0 Å². The van der Waals surface area contributed by atoms with Crippen LogP contribution in [0.2, 0.25) is 0 Å². The second kappa shape index (κ2) is 6.23. The largest absolute Gasteiger partial charge is 0.416 e. The molecule has 1 fully saturated rings. The van der Waals surface area contributed by atoms with Gasteiger partial charge < -0.3 is 10.2 Å². The third-order valence-electron chi connectivity index (χ3n) is 3.95. The molecule has 7 heteroatoms. The van der Waals surface area contributed by atoms with Crippen LogP contribution in [0.4, 0.5) is 23.7 Å². The molecule has 23 heavy (non-hydrogen) atoms. The Balaban J connectivity index is 1.59. The minimum Gasteiger partial charge on any atom is -0.324 e. The molecule has 0 radical (unpaired) electrons. The minimum absolute atomic E-state index is 0.275. The number of urea groups is 1. The van der Waals surface area contributed by atoms with Crippen LogP contribution in [0.25, 0.3) is 0 Å². The van der Waals surface area contributed by atoms with Gasteiger partial charge in [0.1, 0.15) is 0 Å². The summed E-state index contributed by atoms with van der Waals surface area (Å²) in [6.45, 7) is 1.27. The van der Waals surface area contributed by atoms with Crippen LogP contribution in [0.3, 0.4) is 0 Å². The van der Waals surface area contributed by atoms with Gasteiger partial charge >= 0.3 is 12.2 Å². The number of benzene rings is 1. The second-order valence-corrected chi connectivity index (χ2v) is 6.27. The van der Waals surface area contributed by atoms with Crippen LogP contribution in [0, 0.1) is 0 Å². The van der Waals surface area contributed by atoms with Crippen LogP contribution >= 0.6 is 11.3 Å². The lowest BCUT2D eigenvalue weighted by Gasteiger charge is -2.17. The van der Waals surface area contributed by atoms with Gasteiger partial charge in [-0.1, -0.05) is 0 Å². The lowest BCUT2D eigenvalue weighted by atomic mass is 10.0. The number of amides is 2. The molecule has 1 N–H and O–H groups in total. The van der Waals surface area contributed by atoms with Crippen LogP contribution in [-0.2, 0) is 6.18 Å². The van der Waals surface area contributed by atoms with Crippen LogP contribution in [0.5, 0.6) is 0 Å². The number of likely N-dealkylation sites (tertiary alicyclic amines) is 1. The lowest BCUT2D eigenvalue weighted by Crippen LogP contribution is -2.32. The number of hydrogen-bond donors (Lipinski definition) is 1. The maximum atomic E-state index is 12.5. The summed E-state index contributed by atoms with van der Waals surface area (Å²) < 4.78 is 37.5. The fraction of sp³-hybridized carbons (Fsp3) is 0.312. The van der Waals surface area contributed by atoms with Crippen LogP contribution < -0.4 is 5.32 Å². The zero-order valence-electron chi connectivity index (χ0n) is 12.1. The molecule has 1 atom stereocenters. The number of hydrogen-bond acceptors (Lipinski definition) is 2. The van der Waals surface area contributed by atoms with E-state index >= 15 is 0 Å². The maximum absolute atomic E-state index is 12.5. The Hall–Kier alpha value is -2.02. The van der Waals surface area contributed by atoms with Crippen molar-refractivity contribution in [3.8, 4) is 0 Å². The van der Waals surface area contributed by atoms with Crippen molar-refractivity contribution in [1.29, 1.82) is 0 Å². The first-order valence-electron chi connectivity index (χ1n) is 7.19. The van der Waals surface area contributed by atoms with Crippen LogP contribution in [0.15, 0.2) is 41.1 Å². The molecule has 3 rings (SSSR count). The van der Waals surface area contributed by atoms with E-state index in [1.54, 1.807) is 16.2 Å². The van der Waals surface area contributed by atoms with Gasteiger partial charge in [-0.3, -0.25) is 0 Å². The van der Waals surface area contributed by atoms with Gasteiger partial charge in [-0.25, -0.2) is 4.79 Å². The number of carbonyl (C=O) groups is 1. The zero-order valence-corrected chi connectivity index (χ0v) is 13.0. The molecule has 122 valence electrons. The summed E-state index contributed by atoms with van der Waals surface area (Å²) in [6, 6.07) is 6.26. The average molecular weight is 340 g/mol. The second-order valence-electron chi connectivity index (χ2n) is 5.49. The molecule has 0 aliphatic carbocycles. The number of alkyl halides is 3. The van der Waals surface area contributed by atoms with E-state index in [2.05, 4.69) is 16.8 Å². The van der Waals surface area contributed by atoms with E-state index in [1.165, 1.54) is 17.7 Å². The number of anilines is 1. The van der Waals surface area contributed by atoms with Gasteiger partial charge in [0.15, 0.2) is 0 Å². The first kappa shape index (κ1) is 15.9. The van der Waals surface area contributed by atoms with Gasteiger partial charge in [-0.05, 0) is 53.1 Å². The average Bonchev–Trinajstić information content (AvgIpc) is 3.18. The fourth-order valence-corrected chi connectivity index (χ4v) is 3.41. The third-order valence-corrected chi connectivity index (χ3v) is 4.66. The first-order chi connectivity index (χ1) is 10.9. The molecule has 1 aliphatic heterocycles. The monoisotopic (exact) mass is 340 g/mol. The van der Waals surface area contributed by atoms with Gasteiger partial charge in [0.05, 0.1) is 5.56 Å². The molecular weight excluding hydrogens is 325 g/mol. The molecular formula is C16H15F3N2OS. The summed E-state index contributed by atoms with van der Waals surface area (Å²) in [5, 5.41) is 6.75. The van der Waals surface area contributed by atoms with E-state index in [0.29, 0.717) is 24.7 Å². The van der Waals surface area contributed by atoms with E-state index in [1.807, 2.05) is 5.38 Å². The van der Waals surface area contributed by atoms with Crippen molar-refractivity contribution in [2.24, 2.45) is 0 Å². The standard InChI is InChI=1S/C16H15F3N2OS/c17-16(18,19)13-1-3-14(4-2-13)20-15(22)21-7-5-11(9-21)12-6-8-23-10-12/h1-4,6,8,10-11H,5,7,9H2,(H,20,22). The highest BCUT2D eigenvalue weighted by molar-refractivity contribution is 7.07. The van der Waals surface area contributed by atoms with E-state index < -0.39 is 11.7 Å². The lowest BCUT2D eigenvalue weighted by molar-refractivity contribution is -0.137. The van der Waals surface area contributed by atoms with E-state index in [4.69, 9.17) is 0 Å². The quantitative estimate of drug-likeness (QED) is 0.838. The van der Waals surface area contributed by atoms with Crippen LogP contribution in [0.1, 0.15) is 23.5 Å². The molecule has 0 saturated carbocycles. The Morgan fingerprint density at radius 1 is 1.22 bits per heavy atom. The number of rotatable bonds is 2. The highest BCUT2D eigenvalue weighted by Crippen LogP contribution is 2.31. The van der Waals surface area contributed by atoms with E-state index in [-0.39, 0.29) is 6.03 Å². The minimum atomic E-state index is -4.37. The summed E-state index contributed by atoms with van der Waals surface area (Å²) in [6.07, 6.45) is -3.47.